The molecule has 66 valence electrons. The third-order valence-electron chi connectivity index (χ3n) is 3.16. The topological polar surface area (TPSA) is 29.1 Å². The van der Waals surface area contributed by atoms with Gasteiger partial charge >= 0.3 is 0 Å². The van der Waals surface area contributed by atoms with Crippen molar-refractivity contribution in [2.75, 3.05) is 7.05 Å². The molecule has 0 radical (unpaired) electrons. The van der Waals surface area contributed by atoms with Crippen molar-refractivity contribution in [2.45, 2.75) is 19.3 Å². The quantitative estimate of drug-likeness (QED) is 0.584. The van der Waals surface area contributed by atoms with Gasteiger partial charge in [-0.3, -0.25) is 4.79 Å². The molecule has 2 heteroatoms. The predicted molar refractivity (Wildman–Crippen MR) is 47.5 cm³/mol. The second-order valence-electron chi connectivity index (χ2n) is 3.84. The fourth-order valence-electron chi connectivity index (χ4n) is 2.42. The Morgan fingerprint density at radius 3 is 2.67 bits per heavy atom. The number of rotatable bonds is 1. The molecule has 2 bridgehead atoms. The lowest BCUT2D eigenvalue weighted by Gasteiger charge is -2.36. The van der Waals surface area contributed by atoms with Crippen LogP contribution in [-0.4, -0.2) is 13.0 Å². The van der Waals surface area contributed by atoms with E-state index in [1.165, 1.54) is 12.8 Å². The number of hydrogen-bond donors (Lipinski definition) is 1. The molecule has 1 fully saturated rings. The summed E-state index contributed by atoms with van der Waals surface area (Å²) >= 11 is 0. The molecule has 0 spiro atoms. The molecule has 3 rings (SSSR count). The Bertz CT molecular complexity index is 222. The highest BCUT2D eigenvalue weighted by Gasteiger charge is 2.35. The third kappa shape index (κ3) is 1.15. The first-order valence-corrected chi connectivity index (χ1v) is 4.71. The molecule has 0 saturated heterocycles. The average Bonchev–Trinajstić information content (AvgIpc) is 2.18. The van der Waals surface area contributed by atoms with Crippen molar-refractivity contribution in [1.29, 1.82) is 0 Å². The van der Waals surface area contributed by atoms with Crippen LogP contribution in [0.5, 0.6) is 0 Å². The summed E-state index contributed by atoms with van der Waals surface area (Å²) in [4.78, 5) is 11.4. The Morgan fingerprint density at radius 2 is 2.25 bits per heavy atom. The molecular weight excluding hydrogens is 150 g/mol. The number of amides is 1. The van der Waals surface area contributed by atoms with Gasteiger partial charge in [-0.1, -0.05) is 12.2 Å². The standard InChI is InChI=1S/C10H15NO/c1-11-10(12)9-6-7-2-4-8(9)5-3-7/h2,4,7-9H,3,5-6H2,1H3,(H,11,12)/t7-,8+,9-/m0/s1. The van der Waals surface area contributed by atoms with Gasteiger partial charge in [-0.05, 0) is 31.1 Å². The van der Waals surface area contributed by atoms with Crippen molar-refractivity contribution >= 4 is 5.91 Å². The van der Waals surface area contributed by atoms with E-state index in [0.717, 1.165) is 6.42 Å². The molecule has 0 aromatic heterocycles. The van der Waals surface area contributed by atoms with Crippen molar-refractivity contribution in [2.24, 2.45) is 17.8 Å². The van der Waals surface area contributed by atoms with E-state index >= 15 is 0 Å². The molecule has 1 saturated carbocycles. The Morgan fingerprint density at radius 1 is 1.42 bits per heavy atom. The molecule has 3 aliphatic rings. The minimum atomic E-state index is 0.231. The third-order valence-corrected chi connectivity index (χ3v) is 3.16. The first-order valence-electron chi connectivity index (χ1n) is 4.71. The van der Waals surface area contributed by atoms with Crippen LogP contribution in [0.1, 0.15) is 19.3 Å². The summed E-state index contributed by atoms with van der Waals surface area (Å²) in [6.45, 7) is 0. The lowest BCUT2D eigenvalue weighted by atomic mass is 9.69. The van der Waals surface area contributed by atoms with Crippen LogP contribution in [-0.2, 0) is 4.79 Å². The van der Waals surface area contributed by atoms with Gasteiger partial charge in [0.25, 0.3) is 0 Å². The number of hydrogen-bond acceptors (Lipinski definition) is 1. The SMILES string of the molecule is CNC(=O)[C@H]1C[C@H]2C=C[C@@H]1CC2. The molecule has 0 heterocycles. The summed E-state index contributed by atoms with van der Waals surface area (Å²) in [7, 11) is 1.73. The highest BCUT2D eigenvalue weighted by molar-refractivity contribution is 5.79. The number of fused-ring (bicyclic) bond motifs is 2. The molecule has 12 heavy (non-hydrogen) atoms. The maximum Gasteiger partial charge on any atom is 0.223 e. The number of carbonyl (C=O) groups excluding carboxylic acids is 1. The smallest absolute Gasteiger partial charge is 0.223 e. The zero-order chi connectivity index (χ0) is 8.55. The van der Waals surface area contributed by atoms with Crippen molar-refractivity contribution in [3.63, 3.8) is 0 Å². The Kier molecular flexibility index (Phi) is 1.91. The maximum absolute atomic E-state index is 11.4. The number of nitrogens with one attached hydrogen (secondary N) is 1. The minimum Gasteiger partial charge on any atom is -0.359 e. The molecule has 0 aromatic carbocycles. The monoisotopic (exact) mass is 165 g/mol. The van der Waals surface area contributed by atoms with Gasteiger partial charge in [0.15, 0.2) is 0 Å². The van der Waals surface area contributed by atoms with Crippen LogP contribution in [0.3, 0.4) is 0 Å². The van der Waals surface area contributed by atoms with E-state index in [-0.39, 0.29) is 11.8 Å². The number of allylic oxidation sites excluding steroid dienone is 2. The van der Waals surface area contributed by atoms with Gasteiger partial charge in [0.1, 0.15) is 0 Å². The van der Waals surface area contributed by atoms with Crippen molar-refractivity contribution in [1.82, 2.24) is 5.32 Å². The summed E-state index contributed by atoms with van der Waals surface area (Å²) in [6.07, 6.45) is 8.08. The van der Waals surface area contributed by atoms with Crippen LogP contribution in [0.4, 0.5) is 0 Å². The second kappa shape index (κ2) is 2.92. The fraction of sp³-hybridized carbons (Fsp3) is 0.700. The lowest BCUT2D eigenvalue weighted by Crippen LogP contribution is -2.38. The van der Waals surface area contributed by atoms with E-state index in [0.29, 0.717) is 11.8 Å². The fourth-order valence-corrected chi connectivity index (χ4v) is 2.42. The summed E-state index contributed by atoms with van der Waals surface area (Å²) in [6, 6.07) is 0. The van der Waals surface area contributed by atoms with Crippen molar-refractivity contribution in [3.05, 3.63) is 12.2 Å². The molecule has 0 unspecified atom stereocenters. The summed E-state index contributed by atoms with van der Waals surface area (Å²) in [5.74, 6) is 1.69. The van der Waals surface area contributed by atoms with Crippen LogP contribution >= 0.6 is 0 Å². The minimum absolute atomic E-state index is 0.231. The zero-order valence-corrected chi connectivity index (χ0v) is 7.42. The Balaban J connectivity index is 2.11. The van der Waals surface area contributed by atoms with Crippen LogP contribution in [0.15, 0.2) is 12.2 Å². The largest absolute Gasteiger partial charge is 0.359 e. The van der Waals surface area contributed by atoms with E-state index in [1.54, 1.807) is 7.05 Å². The van der Waals surface area contributed by atoms with Gasteiger partial charge in [0.05, 0.1) is 0 Å². The summed E-state index contributed by atoms with van der Waals surface area (Å²) < 4.78 is 0. The van der Waals surface area contributed by atoms with E-state index in [4.69, 9.17) is 0 Å². The van der Waals surface area contributed by atoms with Crippen LogP contribution in [0.2, 0.25) is 0 Å². The molecule has 2 nitrogen and oxygen atoms in total. The normalized spacial score (nSPS) is 38.2. The first-order chi connectivity index (χ1) is 5.81. The molecule has 0 aromatic rings. The van der Waals surface area contributed by atoms with Crippen LogP contribution in [0, 0.1) is 17.8 Å². The number of carbonyl (C=O) groups is 1. The highest BCUT2D eigenvalue weighted by atomic mass is 16.1. The van der Waals surface area contributed by atoms with E-state index in [9.17, 15) is 4.79 Å². The van der Waals surface area contributed by atoms with E-state index in [1.807, 2.05) is 0 Å². The van der Waals surface area contributed by atoms with Crippen molar-refractivity contribution < 1.29 is 4.79 Å². The summed E-state index contributed by atoms with van der Waals surface area (Å²) in [5, 5.41) is 2.75. The summed E-state index contributed by atoms with van der Waals surface area (Å²) in [5.41, 5.74) is 0. The Labute approximate surface area is 73.0 Å². The molecular formula is C10H15NO. The molecule has 3 atom stereocenters. The van der Waals surface area contributed by atoms with Gasteiger partial charge in [-0.2, -0.15) is 0 Å². The molecule has 3 aliphatic carbocycles. The van der Waals surface area contributed by atoms with E-state index < -0.39 is 0 Å². The van der Waals surface area contributed by atoms with Crippen LogP contribution < -0.4 is 5.32 Å². The first kappa shape index (κ1) is 7.84. The van der Waals surface area contributed by atoms with Gasteiger partial charge in [-0.25, -0.2) is 0 Å². The highest BCUT2D eigenvalue weighted by Crippen LogP contribution is 2.40. The Hall–Kier alpha value is -0.790. The van der Waals surface area contributed by atoms with Crippen molar-refractivity contribution in [3.8, 4) is 0 Å². The predicted octanol–water partition coefficient (Wildman–Crippen LogP) is 1.33. The van der Waals surface area contributed by atoms with Gasteiger partial charge in [-0.15, -0.1) is 0 Å². The van der Waals surface area contributed by atoms with Gasteiger partial charge < -0.3 is 5.32 Å². The van der Waals surface area contributed by atoms with Gasteiger partial charge in [0, 0.05) is 13.0 Å². The van der Waals surface area contributed by atoms with E-state index in [2.05, 4.69) is 17.5 Å². The zero-order valence-electron chi connectivity index (χ0n) is 7.42. The molecule has 1 amide bonds. The maximum atomic E-state index is 11.4. The van der Waals surface area contributed by atoms with Crippen LogP contribution in [0.25, 0.3) is 0 Å². The lowest BCUT2D eigenvalue weighted by molar-refractivity contribution is -0.127. The molecule has 1 N–H and O–H groups in total. The molecule has 0 aliphatic heterocycles. The second-order valence-corrected chi connectivity index (χ2v) is 3.84. The van der Waals surface area contributed by atoms with Gasteiger partial charge in [0.2, 0.25) is 5.91 Å². The average molecular weight is 165 g/mol.